The van der Waals surface area contributed by atoms with Crippen LogP contribution in [0.2, 0.25) is 0 Å². The standard InChI is InChI=1S/C27H29N3O4/c31-22(17-29-26(33)19-10-12-28-13-11-19)15-21(14-18-6-2-1-3-7-18)27(34)30-25-23-9-5-4-8-20(23)16-24(25)32/h1-13,21-22,24-25,31-32H,14-17H2,(H,29,33)(H,30,34)/t21-,22+,24-,25+/m1/s1. The van der Waals surface area contributed by atoms with Gasteiger partial charge in [0.05, 0.1) is 18.2 Å². The summed E-state index contributed by atoms with van der Waals surface area (Å²) in [6.07, 6.45) is 2.56. The van der Waals surface area contributed by atoms with Gasteiger partial charge in [0.15, 0.2) is 0 Å². The molecule has 176 valence electrons. The molecule has 1 aromatic heterocycles. The van der Waals surface area contributed by atoms with Gasteiger partial charge in [-0.3, -0.25) is 14.6 Å². The van der Waals surface area contributed by atoms with Crippen LogP contribution in [0.1, 0.15) is 39.5 Å². The Labute approximate surface area is 198 Å². The van der Waals surface area contributed by atoms with Crippen molar-refractivity contribution in [3.63, 3.8) is 0 Å². The highest BCUT2D eigenvalue weighted by Gasteiger charge is 2.34. The summed E-state index contributed by atoms with van der Waals surface area (Å²) in [6.45, 7) is 0.0224. The minimum Gasteiger partial charge on any atom is -0.391 e. The van der Waals surface area contributed by atoms with Crippen molar-refractivity contribution in [1.82, 2.24) is 15.6 Å². The number of carbonyl (C=O) groups excluding carboxylic acids is 2. The quantitative estimate of drug-likeness (QED) is 0.392. The fourth-order valence-corrected chi connectivity index (χ4v) is 4.43. The first-order valence-electron chi connectivity index (χ1n) is 11.5. The average molecular weight is 460 g/mol. The summed E-state index contributed by atoms with van der Waals surface area (Å²) >= 11 is 0. The van der Waals surface area contributed by atoms with Crippen molar-refractivity contribution < 1.29 is 19.8 Å². The third kappa shape index (κ3) is 5.87. The predicted molar refractivity (Wildman–Crippen MR) is 128 cm³/mol. The number of fused-ring (bicyclic) bond motifs is 1. The Hall–Kier alpha value is -3.55. The maximum atomic E-state index is 13.3. The van der Waals surface area contributed by atoms with Gasteiger partial charge in [0.2, 0.25) is 5.91 Å². The van der Waals surface area contributed by atoms with Crippen molar-refractivity contribution in [1.29, 1.82) is 0 Å². The lowest BCUT2D eigenvalue weighted by atomic mass is 9.92. The number of nitrogens with one attached hydrogen (secondary N) is 2. The maximum Gasteiger partial charge on any atom is 0.251 e. The molecule has 1 aliphatic rings. The molecule has 2 aromatic carbocycles. The van der Waals surface area contributed by atoms with E-state index >= 15 is 0 Å². The van der Waals surface area contributed by atoms with Gasteiger partial charge >= 0.3 is 0 Å². The third-order valence-corrected chi connectivity index (χ3v) is 6.19. The normalized spacial score (nSPS) is 18.5. The highest BCUT2D eigenvalue weighted by Crippen LogP contribution is 2.31. The number of amides is 2. The van der Waals surface area contributed by atoms with Crippen LogP contribution in [0.5, 0.6) is 0 Å². The minimum atomic E-state index is -0.911. The molecule has 3 aromatic rings. The molecule has 0 saturated heterocycles. The molecule has 7 heteroatoms. The Bertz CT molecular complexity index is 1110. The third-order valence-electron chi connectivity index (χ3n) is 6.19. The first-order valence-corrected chi connectivity index (χ1v) is 11.5. The molecule has 0 fully saturated rings. The Balaban J connectivity index is 1.42. The summed E-state index contributed by atoms with van der Waals surface area (Å²) in [5.74, 6) is -1.07. The molecule has 4 N–H and O–H groups in total. The van der Waals surface area contributed by atoms with Crippen LogP contribution >= 0.6 is 0 Å². The van der Waals surface area contributed by atoms with E-state index in [0.717, 1.165) is 16.7 Å². The molecule has 0 bridgehead atoms. The van der Waals surface area contributed by atoms with Crippen molar-refractivity contribution >= 4 is 11.8 Å². The van der Waals surface area contributed by atoms with E-state index in [9.17, 15) is 19.8 Å². The topological polar surface area (TPSA) is 112 Å². The van der Waals surface area contributed by atoms with Crippen LogP contribution in [0.4, 0.5) is 0 Å². The van der Waals surface area contributed by atoms with E-state index < -0.39 is 24.2 Å². The second-order valence-corrected chi connectivity index (χ2v) is 8.68. The van der Waals surface area contributed by atoms with Crippen LogP contribution < -0.4 is 10.6 Å². The van der Waals surface area contributed by atoms with Crippen LogP contribution in [-0.2, 0) is 17.6 Å². The SMILES string of the molecule is O=C(NC[C@@H](O)C[C@@H](Cc1ccccc1)C(=O)N[C@H]1c2ccccc2C[C@H]1O)c1ccncc1. The Kier molecular flexibility index (Phi) is 7.67. The molecule has 34 heavy (non-hydrogen) atoms. The van der Waals surface area contributed by atoms with E-state index in [2.05, 4.69) is 15.6 Å². The van der Waals surface area contributed by atoms with Gasteiger partial charge in [-0.2, -0.15) is 0 Å². The van der Waals surface area contributed by atoms with Gasteiger partial charge in [0.1, 0.15) is 0 Å². The first kappa shape index (κ1) is 23.6. The largest absolute Gasteiger partial charge is 0.391 e. The van der Waals surface area contributed by atoms with Gasteiger partial charge in [-0.05, 0) is 41.7 Å². The fraction of sp³-hybridized carbons (Fsp3) is 0.296. The number of rotatable bonds is 9. The number of benzene rings is 2. The fourth-order valence-electron chi connectivity index (χ4n) is 4.43. The predicted octanol–water partition coefficient (Wildman–Crippen LogP) is 2.20. The molecule has 0 unspecified atom stereocenters. The van der Waals surface area contributed by atoms with Crippen LogP contribution in [-0.4, -0.2) is 45.8 Å². The molecule has 2 amide bonds. The van der Waals surface area contributed by atoms with Gasteiger partial charge in [-0.1, -0.05) is 54.6 Å². The molecular weight excluding hydrogens is 430 g/mol. The molecular formula is C27H29N3O4. The van der Waals surface area contributed by atoms with E-state index in [-0.39, 0.29) is 24.8 Å². The Morgan fingerprint density at radius 3 is 2.47 bits per heavy atom. The smallest absolute Gasteiger partial charge is 0.251 e. The second-order valence-electron chi connectivity index (χ2n) is 8.68. The van der Waals surface area contributed by atoms with Crippen molar-refractivity contribution in [2.75, 3.05) is 6.54 Å². The van der Waals surface area contributed by atoms with Crippen LogP contribution in [0, 0.1) is 5.92 Å². The van der Waals surface area contributed by atoms with Crippen molar-refractivity contribution in [3.05, 3.63) is 101 Å². The van der Waals surface area contributed by atoms with Gasteiger partial charge in [0.25, 0.3) is 5.91 Å². The summed E-state index contributed by atoms with van der Waals surface area (Å²) in [5, 5.41) is 26.9. The lowest BCUT2D eigenvalue weighted by molar-refractivity contribution is -0.127. The summed E-state index contributed by atoms with van der Waals surface area (Å²) in [7, 11) is 0. The van der Waals surface area contributed by atoms with Crippen LogP contribution in [0.25, 0.3) is 0 Å². The van der Waals surface area contributed by atoms with E-state index in [1.807, 2.05) is 54.6 Å². The molecule has 7 nitrogen and oxygen atoms in total. The molecule has 1 aliphatic carbocycles. The van der Waals surface area contributed by atoms with Gasteiger partial charge in [0, 0.05) is 36.8 Å². The Morgan fingerprint density at radius 2 is 1.71 bits per heavy atom. The molecule has 0 spiro atoms. The summed E-state index contributed by atoms with van der Waals surface area (Å²) in [4.78, 5) is 29.5. The molecule has 0 aliphatic heterocycles. The lowest BCUT2D eigenvalue weighted by Crippen LogP contribution is -2.41. The van der Waals surface area contributed by atoms with Crippen molar-refractivity contribution in [2.24, 2.45) is 5.92 Å². The average Bonchev–Trinajstić information content (AvgIpc) is 3.18. The molecule has 4 rings (SSSR count). The highest BCUT2D eigenvalue weighted by atomic mass is 16.3. The number of nitrogens with zero attached hydrogens (tertiary/aromatic N) is 1. The lowest BCUT2D eigenvalue weighted by Gasteiger charge is -2.24. The summed E-state index contributed by atoms with van der Waals surface area (Å²) in [5.41, 5.74) is 3.38. The number of aromatic nitrogens is 1. The number of aliphatic hydroxyl groups is 2. The highest BCUT2D eigenvalue weighted by molar-refractivity contribution is 5.93. The maximum absolute atomic E-state index is 13.3. The number of pyridine rings is 1. The summed E-state index contributed by atoms with van der Waals surface area (Å²) in [6, 6.07) is 20.0. The summed E-state index contributed by atoms with van der Waals surface area (Å²) < 4.78 is 0. The zero-order chi connectivity index (χ0) is 23.9. The molecule has 0 saturated carbocycles. The second kappa shape index (κ2) is 11.0. The van der Waals surface area contributed by atoms with Crippen molar-refractivity contribution in [3.8, 4) is 0 Å². The van der Waals surface area contributed by atoms with E-state index in [0.29, 0.717) is 18.4 Å². The zero-order valence-corrected chi connectivity index (χ0v) is 18.8. The monoisotopic (exact) mass is 459 g/mol. The first-order chi connectivity index (χ1) is 16.5. The Morgan fingerprint density at radius 1 is 1.00 bits per heavy atom. The number of aliphatic hydroxyl groups excluding tert-OH is 2. The zero-order valence-electron chi connectivity index (χ0n) is 18.8. The van der Waals surface area contributed by atoms with Crippen LogP contribution in [0.15, 0.2) is 79.1 Å². The van der Waals surface area contributed by atoms with E-state index in [1.165, 1.54) is 12.4 Å². The van der Waals surface area contributed by atoms with Crippen LogP contribution in [0.3, 0.4) is 0 Å². The van der Waals surface area contributed by atoms with Gasteiger partial charge in [-0.15, -0.1) is 0 Å². The molecule has 0 radical (unpaired) electrons. The number of carbonyl (C=O) groups is 2. The van der Waals surface area contributed by atoms with Gasteiger partial charge in [-0.25, -0.2) is 0 Å². The number of hydrogen-bond donors (Lipinski definition) is 4. The van der Waals surface area contributed by atoms with Crippen molar-refractivity contribution in [2.45, 2.75) is 37.5 Å². The number of hydrogen-bond acceptors (Lipinski definition) is 5. The minimum absolute atomic E-state index is 0.0224. The van der Waals surface area contributed by atoms with Gasteiger partial charge < -0.3 is 20.8 Å². The van der Waals surface area contributed by atoms with E-state index in [4.69, 9.17) is 0 Å². The molecule has 4 atom stereocenters. The van der Waals surface area contributed by atoms with E-state index in [1.54, 1.807) is 12.1 Å². The molecule has 1 heterocycles.